The van der Waals surface area contributed by atoms with Gasteiger partial charge in [-0.15, -0.1) is 12.4 Å². The lowest BCUT2D eigenvalue weighted by atomic mass is 9.89. The van der Waals surface area contributed by atoms with Crippen molar-refractivity contribution in [2.24, 2.45) is 13.0 Å². The second-order valence-electron chi connectivity index (χ2n) is 6.87. The van der Waals surface area contributed by atoms with E-state index in [9.17, 15) is 4.79 Å². The highest BCUT2D eigenvalue weighted by Gasteiger charge is 2.35. The molecule has 2 fully saturated rings. The third-order valence-electron chi connectivity index (χ3n) is 5.16. The van der Waals surface area contributed by atoms with Crippen molar-refractivity contribution in [1.29, 1.82) is 0 Å². The van der Waals surface area contributed by atoms with Gasteiger partial charge in [-0.2, -0.15) is 5.10 Å². The van der Waals surface area contributed by atoms with Crippen LogP contribution in [0.1, 0.15) is 56.4 Å². The Morgan fingerprint density at radius 2 is 1.91 bits per heavy atom. The zero-order chi connectivity index (χ0) is 15.4. The third-order valence-corrected chi connectivity index (χ3v) is 5.16. The van der Waals surface area contributed by atoms with Crippen molar-refractivity contribution < 1.29 is 4.79 Å². The molecule has 23 heavy (non-hydrogen) atoms. The highest BCUT2D eigenvalue weighted by Crippen LogP contribution is 2.28. The molecule has 1 saturated heterocycles. The second-order valence-corrected chi connectivity index (χ2v) is 6.87. The number of amides is 1. The molecule has 1 aliphatic heterocycles. The highest BCUT2D eigenvalue weighted by molar-refractivity contribution is 5.85. The molecule has 2 atom stereocenters. The van der Waals surface area contributed by atoms with Gasteiger partial charge in [0.25, 0.3) is 0 Å². The standard InChI is InChI=1S/C17H28N4O.ClH/c1-21-12-13(9-19-21)15-10-18-11-16(15)17(22)20-14-7-5-3-2-4-6-8-14;/h9,12,14-16,18H,2-8,10-11H2,1H3,(H,20,22);1H/t15-,16+;/m1./s1. The van der Waals surface area contributed by atoms with Crippen molar-refractivity contribution in [2.45, 2.75) is 56.9 Å². The zero-order valence-corrected chi connectivity index (χ0v) is 14.8. The molecule has 1 aliphatic carbocycles. The summed E-state index contributed by atoms with van der Waals surface area (Å²) in [6.45, 7) is 1.65. The molecule has 1 aromatic rings. The van der Waals surface area contributed by atoms with Crippen molar-refractivity contribution in [2.75, 3.05) is 13.1 Å². The molecular formula is C17H29ClN4O. The number of nitrogens with zero attached hydrogens (tertiary/aromatic N) is 2. The van der Waals surface area contributed by atoms with E-state index in [2.05, 4.69) is 15.7 Å². The van der Waals surface area contributed by atoms with Crippen LogP contribution in [0.4, 0.5) is 0 Å². The fraction of sp³-hybridized carbons (Fsp3) is 0.765. The SMILES string of the molecule is Cl.Cn1cc([C@H]2CNC[C@@H]2C(=O)NC2CCCCCCC2)cn1. The number of carbonyl (C=O) groups is 1. The smallest absolute Gasteiger partial charge is 0.225 e. The molecule has 130 valence electrons. The topological polar surface area (TPSA) is 59.0 Å². The lowest BCUT2D eigenvalue weighted by Gasteiger charge is -2.24. The molecule has 0 aromatic carbocycles. The van der Waals surface area contributed by atoms with Crippen LogP contribution in [0.3, 0.4) is 0 Å². The van der Waals surface area contributed by atoms with E-state index >= 15 is 0 Å². The van der Waals surface area contributed by atoms with Gasteiger partial charge in [0.2, 0.25) is 5.91 Å². The number of aryl methyl sites for hydroxylation is 1. The molecule has 1 amide bonds. The Kier molecular flexibility index (Phi) is 6.90. The number of nitrogens with one attached hydrogen (secondary N) is 2. The summed E-state index contributed by atoms with van der Waals surface area (Å²) in [5.41, 5.74) is 1.17. The highest BCUT2D eigenvalue weighted by atomic mass is 35.5. The molecule has 0 radical (unpaired) electrons. The number of aromatic nitrogens is 2. The summed E-state index contributed by atoms with van der Waals surface area (Å²) in [5, 5.41) is 11.0. The maximum atomic E-state index is 12.7. The van der Waals surface area contributed by atoms with Crippen LogP contribution < -0.4 is 10.6 Å². The Balaban J connectivity index is 0.00000192. The summed E-state index contributed by atoms with van der Waals surface area (Å²) in [6, 6.07) is 0.378. The molecule has 0 spiro atoms. The van der Waals surface area contributed by atoms with Crippen LogP contribution in [-0.4, -0.2) is 34.8 Å². The lowest BCUT2D eigenvalue weighted by molar-refractivity contribution is -0.125. The van der Waals surface area contributed by atoms with Gasteiger partial charge in [-0.25, -0.2) is 0 Å². The van der Waals surface area contributed by atoms with Gasteiger partial charge in [-0.05, 0) is 18.4 Å². The molecule has 2 heterocycles. The minimum absolute atomic E-state index is 0. The van der Waals surface area contributed by atoms with E-state index < -0.39 is 0 Å². The second kappa shape index (κ2) is 8.69. The van der Waals surface area contributed by atoms with E-state index in [1.165, 1.54) is 37.7 Å². The van der Waals surface area contributed by atoms with Gasteiger partial charge in [0.15, 0.2) is 0 Å². The van der Waals surface area contributed by atoms with Gasteiger partial charge in [-0.3, -0.25) is 9.48 Å². The van der Waals surface area contributed by atoms with E-state index in [-0.39, 0.29) is 30.2 Å². The average Bonchev–Trinajstić information content (AvgIpc) is 3.09. The predicted octanol–water partition coefficient (Wildman–Crippen LogP) is 2.37. The van der Waals surface area contributed by atoms with Crippen LogP contribution in [0.2, 0.25) is 0 Å². The maximum absolute atomic E-state index is 12.7. The fourth-order valence-electron chi connectivity index (χ4n) is 3.84. The summed E-state index contributed by atoms with van der Waals surface area (Å²) >= 11 is 0. The van der Waals surface area contributed by atoms with Gasteiger partial charge >= 0.3 is 0 Å². The largest absolute Gasteiger partial charge is 0.353 e. The van der Waals surface area contributed by atoms with Gasteiger partial charge in [0.05, 0.1) is 12.1 Å². The first-order valence-electron chi connectivity index (χ1n) is 8.73. The Morgan fingerprint density at radius 1 is 1.22 bits per heavy atom. The van der Waals surface area contributed by atoms with E-state index in [4.69, 9.17) is 0 Å². The molecule has 6 heteroatoms. The monoisotopic (exact) mass is 340 g/mol. The van der Waals surface area contributed by atoms with Crippen molar-refractivity contribution in [1.82, 2.24) is 20.4 Å². The van der Waals surface area contributed by atoms with Crippen molar-refractivity contribution in [3.8, 4) is 0 Å². The molecule has 0 unspecified atom stereocenters. The summed E-state index contributed by atoms with van der Waals surface area (Å²) in [7, 11) is 1.93. The number of halogens is 1. The normalized spacial score (nSPS) is 26.1. The minimum atomic E-state index is 0. The third kappa shape index (κ3) is 4.70. The zero-order valence-electron chi connectivity index (χ0n) is 14.0. The molecule has 5 nitrogen and oxygen atoms in total. The van der Waals surface area contributed by atoms with Crippen LogP contribution in [0, 0.1) is 5.92 Å². The quantitative estimate of drug-likeness (QED) is 0.888. The van der Waals surface area contributed by atoms with Crippen LogP contribution >= 0.6 is 12.4 Å². The van der Waals surface area contributed by atoms with Crippen LogP contribution in [0.15, 0.2) is 12.4 Å². The predicted molar refractivity (Wildman–Crippen MR) is 93.8 cm³/mol. The summed E-state index contributed by atoms with van der Waals surface area (Å²) in [5.74, 6) is 0.515. The molecule has 1 aromatic heterocycles. The fourth-order valence-corrected chi connectivity index (χ4v) is 3.84. The molecule has 2 aliphatic rings. The maximum Gasteiger partial charge on any atom is 0.225 e. The number of rotatable bonds is 3. The minimum Gasteiger partial charge on any atom is -0.353 e. The molecule has 3 rings (SSSR count). The van der Waals surface area contributed by atoms with Gasteiger partial charge in [0.1, 0.15) is 0 Å². The van der Waals surface area contributed by atoms with E-state index in [1.54, 1.807) is 0 Å². The van der Waals surface area contributed by atoms with Gasteiger partial charge in [0, 0.05) is 38.3 Å². The van der Waals surface area contributed by atoms with E-state index in [1.807, 2.05) is 24.1 Å². The Morgan fingerprint density at radius 3 is 2.57 bits per heavy atom. The van der Waals surface area contributed by atoms with Crippen molar-refractivity contribution in [3.63, 3.8) is 0 Å². The van der Waals surface area contributed by atoms with Gasteiger partial charge < -0.3 is 10.6 Å². The molecular weight excluding hydrogens is 312 g/mol. The summed E-state index contributed by atoms with van der Waals surface area (Å²) in [6.07, 6.45) is 12.7. The molecule has 2 N–H and O–H groups in total. The number of carbonyl (C=O) groups excluding carboxylic acids is 1. The van der Waals surface area contributed by atoms with Crippen LogP contribution in [-0.2, 0) is 11.8 Å². The van der Waals surface area contributed by atoms with Crippen LogP contribution in [0.25, 0.3) is 0 Å². The first kappa shape index (κ1) is 18.3. The first-order valence-corrected chi connectivity index (χ1v) is 8.73. The Hall–Kier alpha value is -1.07. The Bertz CT molecular complexity index is 497. The number of hydrogen-bond donors (Lipinski definition) is 2. The average molecular weight is 341 g/mol. The Labute approximate surface area is 145 Å². The van der Waals surface area contributed by atoms with Gasteiger partial charge in [-0.1, -0.05) is 32.1 Å². The summed E-state index contributed by atoms with van der Waals surface area (Å²) in [4.78, 5) is 12.7. The van der Waals surface area contributed by atoms with Crippen LogP contribution in [0.5, 0.6) is 0 Å². The molecule has 1 saturated carbocycles. The lowest BCUT2D eigenvalue weighted by Crippen LogP contribution is -2.41. The van der Waals surface area contributed by atoms with Crippen molar-refractivity contribution in [3.05, 3.63) is 18.0 Å². The summed E-state index contributed by atoms with van der Waals surface area (Å²) < 4.78 is 1.82. The molecule has 0 bridgehead atoms. The van der Waals surface area contributed by atoms with Crippen molar-refractivity contribution >= 4 is 18.3 Å². The number of hydrogen-bond acceptors (Lipinski definition) is 3. The first-order chi connectivity index (χ1) is 10.7. The van der Waals surface area contributed by atoms with E-state index in [0.29, 0.717) is 6.04 Å². The van der Waals surface area contributed by atoms with E-state index in [0.717, 1.165) is 25.9 Å².